The van der Waals surface area contributed by atoms with Crippen LogP contribution in [0.15, 0.2) is 89.8 Å². The summed E-state index contributed by atoms with van der Waals surface area (Å²) >= 11 is 1.63. The Bertz CT molecular complexity index is 763. The van der Waals surface area contributed by atoms with Crippen molar-refractivity contribution in [2.24, 2.45) is 0 Å². The number of hydrogen-bond donors (Lipinski definition) is 1. The quantitative estimate of drug-likeness (QED) is 0.652. The van der Waals surface area contributed by atoms with Crippen LogP contribution >= 0.6 is 11.8 Å². The van der Waals surface area contributed by atoms with E-state index < -0.39 is 0 Å². The highest BCUT2D eigenvalue weighted by atomic mass is 32.2. The first-order valence-electron chi connectivity index (χ1n) is 7.83. The van der Waals surface area contributed by atoms with Gasteiger partial charge in [0, 0.05) is 4.90 Å². The molecule has 0 aliphatic carbocycles. The van der Waals surface area contributed by atoms with Crippen LogP contribution in [-0.4, -0.2) is 12.2 Å². The van der Waals surface area contributed by atoms with E-state index in [9.17, 15) is 4.79 Å². The topological polar surface area (TPSA) is 29.1 Å². The van der Waals surface area contributed by atoms with Crippen LogP contribution in [0.25, 0.3) is 0 Å². The van der Waals surface area contributed by atoms with E-state index >= 15 is 0 Å². The summed E-state index contributed by atoms with van der Waals surface area (Å²) in [5.41, 5.74) is 2.83. The number of hydrogen-bond acceptors (Lipinski definition) is 2. The van der Waals surface area contributed by atoms with Gasteiger partial charge in [-0.05, 0) is 29.5 Å². The van der Waals surface area contributed by atoms with Gasteiger partial charge in [-0.2, -0.15) is 0 Å². The van der Waals surface area contributed by atoms with Crippen molar-refractivity contribution in [3.05, 3.63) is 96.1 Å². The molecular formula is C21H19NOS. The predicted molar refractivity (Wildman–Crippen MR) is 102 cm³/mol. The Morgan fingerprint density at radius 1 is 0.792 bits per heavy atom. The molecule has 0 aromatic heterocycles. The molecule has 0 heterocycles. The normalized spacial score (nSPS) is 10.6. The molecule has 3 heteroatoms. The molecule has 0 saturated carbocycles. The number of carbonyl (C=O) groups is 1. The maximum Gasteiger partial charge on any atom is 0.236 e. The number of carbonyl (C=O) groups excluding carboxylic acids is 1. The summed E-state index contributed by atoms with van der Waals surface area (Å²) in [6.45, 7) is 0. The van der Waals surface area contributed by atoms with Crippen molar-refractivity contribution in [1.82, 2.24) is 0 Å². The van der Waals surface area contributed by atoms with E-state index in [0.717, 1.165) is 21.7 Å². The summed E-state index contributed by atoms with van der Waals surface area (Å²) in [6.07, 6.45) is 2.01. The molecule has 0 unspecified atom stereocenters. The lowest BCUT2D eigenvalue weighted by molar-refractivity contribution is -0.116. The summed E-state index contributed by atoms with van der Waals surface area (Å²) in [5, 5.41) is 3.10. The lowest BCUT2D eigenvalue weighted by Crippen LogP contribution is -2.22. The van der Waals surface area contributed by atoms with E-state index in [-0.39, 0.29) is 11.8 Å². The molecule has 0 aliphatic rings. The highest BCUT2D eigenvalue weighted by Gasteiger charge is 2.23. The third kappa shape index (κ3) is 3.69. The number of benzene rings is 3. The smallest absolute Gasteiger partial charge is 0.236 e. The van der Waals surface area contributed by atoms with E-state index in [1.54, 1.807) is 11.8 Å². The first-order chi connectivity index (χ1) is 11.8. The molecule has 1 amide bonds. The minimum Gasteiger partial charge on any atom is -0.324 e. The van der Waals surface area contributed by atoms with Crippen molar-refractivity contribution in [2.75, 3.05) is 11.6 Å². The highest BCUT2D eigenvalue weighted by molar-refractivity contribution is 7.98. The maximum atomic E-state index is 13.1. The van der Waals surface area contributed by atoms with E-state index in [1.807, 2.05) is 91.2 Å². The zero-order valence-corrected chi connectivity index (χ0v) is 14.3. The molecule has 0 aliphatic heterocycles. The Morgan fingerprint density at radius 3 is 1.83 bits per heavy atom. The van der Waals surface area contributed by atoms with Gasteiger partial charge in [-0.1, -0.05) is 72.8 Å². The molecular weight excluding hydrogens is 314 g/mol. The van der Waals surface area contributed by atoms with Crippen molar-refractivity contribution >= 4 is 23.4 Å². The van der Waals surface area contributed by atoms with Gasteiger partial charge in [-0.15, -0.1) is 11.8 Å². The minimum atomic E-state index is -0.331. The number of nitrogens with one attached hydrogen (secondary N) is 1. The Labute approximate surface area is 146 Å². The third-order valence-corrected chi connectivity index (χ3v) is 4.69. The summed E-state index contributed by atoms with van der Waals surface area (Å²) in [6, 6.07) is 27.7. The second-order valence-electron chi connectivity index (χ2n) is 5.44. The van der Waals surface area contributed by atoms with E-state index in [2.05, 4.69) is 5.32 Å². The lowest BCUT2D eigenvalue weighted by Gasteiger charge is -2.19. The van der Waals surface area contributed by atoms with Gasteiger partial charge in [-0.25, -0.2) is 0 Å². The van der Waals surface area contributed by atoms with Crippen LogP contribution in [0.4, 0.5) is 5.69 Å². The van der Waals surface area contributed by atoms with Gasteiger partial charge in [0.15, 0.2) is 0 Å². The van der Waals surface area contributed by atoms with Gasteiger partial charge < -0.3 is 5.32 Å². The molecule has 0 saturated heterocycles. The molecule has 120 valence electrons. The minimum absolute atomic E-state index is 0.0195. The molecule has 3 aromatic carbocycles. The number of anilines is 1. The van der Waals surface area contributed by atoms with Crippen LogP contribution in [0.3, 0.4) is 0 Å². The van der Waals surface area contributed by atoms with Crippen molar-refractivity contribution in [1.29, 1.82) is 0 Å². The van der Waals surface area contributed by atoms with Crippen LogP contribution in [0.1, 0.15) is 17.0 Å². The van der Waals surface area contributed by atoms with Gasteiger partial charge in [0.25, 0.3) is 0 Å². The van der Waals surface area contributed by atoms with Crippen LogP contribution in [0.2, 0.25) is 0 Å². The first kappa shape index (κ1) is 16.3. The second kappa shape index (κ2) is 7.84. The number of rotatable bonds is 5. The Morgan fingerprint density at radius 2 is 1.29 bits per heavy atom. The number of para-hydroxylation sites is 1. The van der Waals surface area contributed by atoms with Crippen molar-refractivity contribution in [3.63, 3.8) is 0 Å². The summed E-state index contributed by atoms with van der Waals surface area (Å²) in [5.74, 6) is -0.351. The van der Waals surface area contributed by atoms with E-state index in [1.165, 1.54) is 0 Å². The van der Waals surface area contributed by atoms with Crippen molar-refractivity contribution < 1.29 is 4.79 Å². The van der Waals surface area contributed by atoms with E-state index in [0.29, 0.717) is 0 Å². The SMILES string of the molecule is CSc1ccccc1NC(=O)C(c1ccccc1)c1ccccc1. The fraction of sp³-hybridized carbons (Fsp3) is 0.0952. The van der Waals surface area contributed by atoms with Gasteiger partial charge in [0.05, 0.1) is 11.6 Å². The van der Waals surface area contributed by atoms with Gasteiger partial charge >= 0.3 is 0 Å². The van der Waals surface area contributed by atoms with Crippen molar-refractivity contribution in [3.8, 4) is 0 Å². The molecule has 0 fully saturated rings. The van der Waals surface area contributed by atoms with Crippen LogP contribution in [-0.2, 0) is 4.79 Å². The molecule has 2 nitrogen and oxygen atoms in total. The summed E-state index contributed by atoms with van der Waals surface area (Å²) in [7, 11) is 0. The summed E-state index contributed by atoms with van der Waals surface area (Å²) < 4.78 is 0. The lowest BCUT2D eigenvalue weighted by atomic mass is 9.90. The van der Waals surface area contributed by atoms with Crippen LogP contribution < -0.4 is 5.32 Å². The Kier molecular flexibility index (Phi) is 5.34. The number of amides is 1. The number of thioether (sulfide) groups is 1. The van der Waals surface area contributed by atoms with Crippen LogP contribution in [0.5, 0.6) is 0 Å². The molecule has 0 atom stereocenters. The van der Waals surface area contributed by atoms with Gasteiger partial charge in [0.1, 0.15) is 0 Å². The Balaban J connectivity index is 1.95. The van der Waals surface area contributed by atoms with E-state index in [4.69, 9.17) is 0 Å². The third-order valence-electron chi connectivity index (χ3n) is 3.89. The maximum absolute atomic E-state index is 13.1. The van der Waals surface area contributed by atoms with Gasteiger partial charge in [-0.3, -0.25) is 4.79 Å². The Hall–Kier alpha value is -2.52. The average molecular weight is 333 g/mol. The highest BCUT2D eigenvalue weighted by Crippen LogP contribution is 2.29. The zero-order valence-electron chi connectivity index (χ0n) is 13.5. The molecule has 24 heavy (non-hydrogen) atoms. The second-order valence-corrected chi connectivity index (χ2v) is 6.29. The molecule has 0 spiro atoms. The largest absolute Gasteiger partial charge is 0.324 e. The predicted octanol–water partition coefficient (Wildman–Crippen LogP) is 5.18. The fourth-order valence-corrected chi connectivity index (χ4v) is 3.29. The monoisotopic (exact) mass is 333 g/mol. The standard InChI is InChI=1S/C21H19NOS/c1-24-19-15-9-8-14-18(19)22-21(23)20(16-10-4-2-5-11-16)17-12-6-3-7-13-17/h2-15,20H,1H3,(H,22,23). The summed E-state index contributed by atoms with van der Waals surface area (Å²) in [4.78, 5) is 14.1. The fourth-order valence-electron chi connectivity index (χ4n) is 2.74. The molecule has 0 bridgehead atoms. The van der Waals surface area contributed by atoms with Gasteiger partial charge in [0.2, 0.25) is 5.91 Å². The average Bonchev–Trinajstić information content (AvgIpc) is 2.64. The molecule has 3 rings (SSSR count). The molecule has 3 aromatic rings. The van der Waals surface area contributed by atoms with Crippen molar-refractivity contribution in [2.45, 2.75) is 10.8 Å². The molecule has 0 radical (unpaired) electrons. The zero-order chi connectivity index (χ0) is 16.8. The molecule has 1 N–H and O–H groups in total. The van der Waals surface area contributed by atoms with Crippen LogP contribution in [0, 0.1) is 0 Å². The first-order valence-corrected chi connectivity index (χ1v) is 9.06.